The molecular weight excluding hydrogens is 216 g/mol. The summed E-state index contributed by atoms with van der Waals surface area (Å²) in [6, 6.07) is 2.22. The van der Waals surface area contributed by atoms with Gasteiger partial charge in [-0.1, -0.05) is 0 Å². The zero-order chi connectivity index (χ0) is 12.3. The number of likely N-dealkylation sites (N-methyl/N-ethyl adjacent to an activating group) is 1. The minimum absolute atomic E-state index is 0.0294. The summed E-state index contributed by atoms with van der Waals surface area (Å²) in [5, 5.41) is 7.57. The van der Waals surface area contributed by atoms with Crippen LogP contribution in [0, 0.1) is 0 Å². The van der Waals surface area contributed by atoms with E-state index < -0.39 is 0 Å². The number of aromatic nitrogens is 2. The first kappa shape index (κ1) is 12.1. The number of carbonyl (C=O) groups excluding carboxylic acids is 1. The summed E-state index contributed by atoms with van der Waals surface area (Å²) in [5.41, 5.74) is 0.535. The number of rotatable bonds is 4. The number of aryl methyl sites for hydroxylation is 1. The Morgan fingerprint density at radius 1 is 1.71 bits per heavy atom. The summed E-state index contributed by atoms with van der Waals surface area (Å²) in [6.45, 7) is 4.59. The number of nitrogens with zero attached hydrogens (tertiary/aromatic N) is 3. The third-order valence-corrected chi connectivity index (χ3v) is 3.20. The number of hydrogen-bond donors (Lipinski definition) is 1. The molecule has 5 heteroatoms. The van der Waals surface area contributed by atoms with Crippen molar-refractivity contribution in [2.75, 3.05) is 19.6 Å². The molecule has 0 aromatic carbocycles. The monoisotopic (exact) mass is 236 g/mol. The summed E-state index contributed by atoms with van der Waals surface area (Å²) < 4.78 is 1.66. The molecule has 1 N–H and O–H groups in total. The standard InChI is InChI=1S/C12H20N4O/c1-3-16(9-10-5-4-7-13-10)12(17)11-6-8-15(2)14-11/h6,8,10,13H,3-5,7,9H2,1-2H3. The molecule has 0 radical (unpaired) electrons. The third kappa shape index (κ3) is 2.85. The minimum atomic E-state index is 0.0294. The molecule has 1 aliphatic heterocycles. The van der Waals surface area contributed by atoms with Crippen LogP contribution in [0.3, 0.4) is 0 Å². The van der Waals surface area contributed by atoms with E-state index in [9.17, 15) is 4.79 Å². The van der Waals surface area contributed by atoms with E-state index in [2.05, 4.69) is 10.4 Å². The second-order valence-corrected chi connectivity index (χ2v) is 4.51. The van der Waals surface area contributed by atoms with Crippen LogP contribution < -0.4 is 5.32 Å². The average molecular weight is 236 g/mol. The molecule has 0 aliphatic carbocycles. The Balaban J connectivity index is 1.99. The first-order valence-electron chi connectivity index (χ1n) is 6.23. The Labute approximate surface area is 102 Å². The van der Waals surface area contributed by atoms with Gasteiger partial charge in [0.2, 0.25) is 0 Å². The van der Waals surface area contributed by atoms with E-state index in [-0.39, 0.29) is 5.91 Å². The van der Waals surface area contributed by atoms with Crippen LogP contribution in [0.15, 0.2) is 12.3 Å². The number of hydrogen-bond acceptors (Lipinski definition) is 3. The van der Waals surface area contributed by atoms with Gasteiger partial charge in [0.15, 0.2) is 0 Å². The molecule has 17 heavy (non-hydrogen) atoms. The fourth-order valence-electron chi connectivity index (χ4n) is 2.23. The molecular formula is C12H20N4O. The summed E-state index contributed by atoms with van der Waals surface area (Å²) in [4.78, 5) is 14.1. The molecule has 1 fully saturated rings. The second-order valence-electron chi connectivity index (χ2n) is 4.51. The zero-order valence-electron chi connectivity index (χ0n) is 10.5. The van der Waals surface area contributed by atoms with Crippen molar-refractivity contribution in [3.63, 3.8) is 0 Å². The van der Waals surface area contributed by atoms with Crippen LogP contribution in [0.25, 0.3) is 0 Å². The molecule has 1 aromatic heterocycles. The van der Waals surface area contributed by atoms with Crippen LogP contribution in [-0.2, 0) is 7.05 Å². The lowest BCUT2D eigenvalue weighted by Crippen LogP contribution is -2.41. The maximum Gasteiger partial charge on any atom is 0.274 e. The lowest BCUT2D eigenvalue weighted by atomic mass is 10.2. The van der Waals surface area contributed by atoms with Crippen LogP contribution in [0.4, 0.5) is 0 Å². The highest BCUT2D eigenvalue weighted by atomic mass is 16.2. The molecule has 5 nitrogen and oxygen atoms in total. The Morgan fingerprint density at radius 2 is 2.53 bits per heavy atom. The predicted octanol–water partition coefficient (Wildman–Crippen LogP) is 0.634. The third-order valence-electron chi connectivity index (χ3n) is 3.20. The number of amides is 1. The second kappa shape index (κ2) is 5.31. The molecule has 2 heterocycles. The van der Waals surface area contributed by atoms with Gasteiger partial charge in [-0.3, -0.25) is 9.48 Å². The van der Waals surface area contributed by atoms with Gasteiger partial charge in [0.1, 0.15) is 5.69 Å². The molecule has 0 spiro atoms. The Kier molecular flexibility index (Phi) is 3.78. The first-order valence-corrected chi connectivity index (χ1v) is 6.23. The van der Waals surface area contributed by atoms with Gasteiger partial charge in [-0.25, -0.2) is 0 Å². The number of nitrogens with one attached hydrogen (secondary N) is 1. The molecule has 1 atom stereocenters. The van der Waals surface area contributed by atoms with Gasteiger partial charge in [0.05, 0.1) is 0 Å². The zero-order valence-corrected chi connectivity index (χ0v) is 10.5. The van der Waals surface area contributed by atoms with Crippen molar-refractivity contribution in [2.45, 2.75) is 25.8 Å². The molecule has 1 unspecified atom stereocenters. The fraction of sp³-hybridized carbons (Fsp3) is 0.667. The lowest BCUT2D eigenvalue weighted by molar-refractivity contribution is 0.0744. The Bertz CT molecular complexity index is 382. The summed E-state index contributed by atoms with van der Waals surface area (Å²) in [7, 11) is 1.82. The van der Waals surface area contributed by atoms with Crippen molar-refractivity contribution < 1.29 is 4.79 Å². The Morgan fingerprint density at radius 3 is 3.06 bits per heavy atom. The highest BCUT2D eigenvalue weighted by molar-refractivity contribution is 5.92. The molecule has 0 bridgehead atoms. The Hall–Kier alpha value is -1.36. The van der Waals surface area contributed by atoms with Gasteiger partial charge in [-0.2, -0.15) is 5.10 Å². The minimum Gasteiger partial charge on any atom is -0.336 e. The molecule has 1 amide bonds. The van der Waals surface area contributed by atoms with Crippen molar-refractivity contribution in [1.82, 2.24) is 20.0 Å². The van der Waals surface area contributed by atoms with Crippen LogP contribution in [-0.4, -0.2) is 46.3 Å². The highest BCUT2D eigenvalue weighted by Gasteiger charge is 2.22. The van der Waals surface area contributed by atoms with E-state index in [0.29, 0.717) is 11.7 Å². The summed E-state index contributed by atoms with van der Waals surface area (Å²) >= 11 is 0. The van der Waals surface area contributed by atoms with Crippen LogP contribution in [0.2, 0.25) is 0 Å². The molecule has 1 aliphatic rings. The van der Waals surface area contributed by atoms with E-state index in [0.717, 1.165) is 26.1 Å². The molecule has 0 saturated carbocycles. The van der Waals surface area contributed by atoms with Crippen LogP contribution in [0.1, 0.15) is 30.3 Å². The predicted molar refractivity (Wildman–Crippen MR) is 65.8 cm³/mol. The molecule has 1 aromatic rings. The van der Waals surface area contributed by atoms with E-state index in [1.54, 1.807) is 16.9 Å². The van der Waals surface area contributed by atoms with Gasteiger partial charge in [-0.05, 0) is 32.4 Å². The fourth-order valence-corrected chi connectivity index (χ4v) is 2.23. The van der Waals surface area contributed by atoms with Crippen molar-refractivity contribution >= 4 is 5.91 Å². The van der Waals surface area contributed by atoms with Crippen LogP contribution >= 0.6 is 0 Å². The summed E-state index contributed by atoms with van der Waals surface area (Å²) in [6.07, 6.45) is 4.17. The SMILES string of the molecule is CCN(CC1CCCN1)C(=O)c1ccn(C)n1. The largest absolute Gasteiger partial charge is 0.336 e. The average Bonchev–Trinajstić information content (AvgIpc) is 2.96. The van der Waals surface area contributed by atoms with Gasteiger partial charge in [0.25, 0.3) is 5.91 Å². The molecule has 94 valence electrons. The highest BCUT2D eigenvalue weighted by Crippen LogP contribution is 2.09. The van der Waals surface area contributed by atoms with E-state index in [4.69, 9.17) is 0 Å². The van der Waals surface area contributed by atoms with Gasteiger partial charge in [0, 0.05) is 32.4 Å². The normalized spacial score (nSPS) is 19.5. The molecule has 1 saturated heterocycles. The van der Waals surface area contributed by atoms with Gasteiger partial charge in [-0.15, -0.1) is 0 Å². The first-order chi connectivity index (χ1) is 8.20. The van der Waals surface area contributed by atoms with Gasteiger partial charge < -0.3 is 10.2 Å². The van der Waals surface area contributed by atoms with Crippen molar-refractivity contribution in [3.05, 3.63) is 18.0 Å². The summed E-state index contributed by atoms with van der Waals surface area (Å²) in [5.74, 6) is 0.0294. The smallest absolute Gasteiger partial charge is 0.274 e. The quantitative estimate of drug-likeness (QED) is 0.834. The van der Waals surface area contributed by atoms with Gasteiger partial charge >= 0.3 is 0 Å². The van der Waals surface area contributed by atoms with E-state index >= 15 is 0 Å². The maximum atomic E-state index is 12.2. The van der Waals surface area contributed by atoms with Crippen LogP contribution in [0.5, 0.6) is 0 Å². The molecule has 2 rings (SSSR count). The maximum absolute atomic E-state index is 12.2. The number of carbonyl (C=O) groups is 1. The van der Waals surface area contributed by atoms with E-state index in [1.165, 1.54) is 6.42 Å². The van der Waals surface area contributed by atoms with Crippen molar-refractivity contribution in [1.29, 1.82) is 0 Å². The van der Waals surface area contributed by atoms with Crippen molar-refractivity contribution in [2.24, 2.45) is 7.05 Å². The van der Waals surface area contributed by atoms with Crippen molar-refractivity contribution in [3.8, 4) is 0 Å². The topological polar surface area (TPSA) is 50.2 Å². The van der Waals surface area contributed by atoms with E-state index in [1.807, 2.05) is 18.9 Å². The lowest BCUT2D eigenvalue weighted by Gasteiger charge is -2.23.